The molecule has 1 saturated carbocycles. The maximum Gasteiger partial charge on any atom is 0.341 e. The third-order valence-electron chi connectivity index (χ3n) is 5.70. The van der Waals surface area contributed by atoms with Gasteiger partial charge in [-0.2, -0.15) is 0 Å². The van der Waals surface area contributed by atoms with Crippen molar-refractivity contribution < 1.29 is 39.1 Å². The van der Waals surface area contributed by atoms with E-state index in [9.17, 15) is 15.0 Å². The Morgan fingerprint density at radius 3 is 2.73 bits per heavy atom. The van der Waals surface area contributed by atoms with E-state index < -0.39 is 37.0 Å². The lowest BCUT2D eigenvalue weighted by Crippen LogP contribution is -2.39. The Balaban J connectivity index is 1.38. The molecular formula is C25H28O8. The quantitative estimate of drug-likeness (QED) is 0.494. The minimum atomic E-state index is -1.09. The molecule has 0 amide bonds. The highest BCUT2D eigenvalue weighted by molar-refractivity contribution is 5.69. The first-order valence-electron chi connectivity index (χ1n) is 11.0. The van der Waals surface area contributed by atoms with E-state index in [4.69, 9.17) is 24.1 Å². The zero-order valence-corrected chi connectivity index (χ0v) is 18.2. The van der Waals surface area contributed by atoms with Gasteiger partial charge in [0.25, 0.3) is 0 Å². The molecule has 33 heavy (non-hydrogen) atoms. The number of carboxylic acids is 1. The second-order valence-electron chi connectivity index (χ2n) is 8.31. The first-order valence-corrected chi connectivity index (χ1v) is 11.0. The normalized spacial score (nSPS) is 25.3. The van der Waals surface area contributed by atoms with E-state index in [-0.39, 0.29) is 17.8 Å². The maximum atomic E-state index is 10.8. The van der Waals surface area contributed by atoms with Crippen LogP contribution in [0.2, 0.25) is 0 Å². The molecule has 1 heterocycles. The van der Waals surface area contributed by atoms with Gasteiger partial charge in [-0.05, 0) is 31.2 Å². The van der Waals surface area contributed by atoms with Crippen molar-refractivity contribution in [3.05, 3.63) is 60.7 Å². The fraction of sp³-hybridized carbons (Fsp3) is 0.400. The molecule has 0 radical (unpaired) electrons. The summed E-state index contributed by atoms with van der Waals surface area (Å²) in [6, 6.07) is 14.4. The lowest BCUT2D eigenvalue weighted by atomic mass is 10.0. The number of fused-ring (bicyclic) bond motifs is 2. The summed E-state index contributed by atoms with van der Waals surface area (Å²) < 4.78 is 23.3. The smallest absolute Gasteiger partial charge is 0.341 e. The minimum absolute atomic E-state index is 0.196. The van der Waals surface area contributed by atoms with E-state index >= 15 is 0 Å². The van der Waals surface area contributed by atoms with Gasteiger partial charge in [0.15, 0.2) is 18.1 Å². The second kappa shape index (κ2) is 10.1. The number of benzene rings is 2. The monoisotopic (exact) mass is 456 g/mol. The topological polar surface area (TPSA) is 115 Å². The summed E-state index contributed by atoms with van der Waals surface area (Å²) in [4.78, 5) is 10.8. The molecule has 6 atom stereocenters. The van der Waals surface area contributed by atoms with E-state index in [0.717, 1.165) is 5.75 Å². The van der Waals surface area contributed by atoms with Crippen molar-refractivity contribution in [1.29, 1.82) is 0 Å². The molecule has 4 rings (SSSR count). The lowest BCUT2D eigenvalue weighted by Gasteiger charge is -2.32. The summed E-state index contributed by atoms with van der Waals surface area (Å²) in [5.41, 5.74) is 0. The van der Waals surface area contributed by atoms with Gasteiger partial charge in [-0.15, -0.1) is 0 Å². The number of rotatable bonds is 9. The van der Waals surface area contributed by atoms with Gasteiger partial charge >= 0.3 is 5.97 Å². The van der Waals surface area contributed by atoms with Crippen molar-refractivity contribution in [2.24, 2.45) is 5.92 Å². The van der Waals surface area contributed by atoms with Crippen LogP contribution in [0.1, 0.15) is 19.8 Å². The Morgan fingerprint density at radius 1 is 1.18 bits per heavy atom. The standard InChI is InChI=1S/C25H28O8/c1-15(31-17-6-3-2-4-7-17)12-16(26)10-11-18-19(27)13-22-24(18)32-21-9-5-8-20(25(21)33-22)30-14-23(28)29/h2-11,15-16,18-19,22,24,26-27H,12-14H2,1H3,(H,28,29)/b11-10+. The van der Waals surface area contributed by atoms with Crippen LogP contribution in [0.5, 0.6) is 23.0 Å². The fourth-order valence-corrected chi connectivity index (χ4v) is 4.21. The van der Waals surface area contributed by atoms with Crippen LogP contribution in [0.25, 0.3) is 0 Å². The Hall–Kier alpha value is -3.23. The Labute approximate surface area is 192 Å². The zero-order chi connectivity index (χ0) is 23.4. The van der Waals surface area contributed by atoms with Crippen LogP contribution >= 0.6 is 0 Å². The van der Waals surface area contributed by atoms with Crippen LogP contribution in [-0.4, -0.2) is 58.4 Å². The molecular weight excluding hydrogens is 428 g/mol. The molecule has 176 valence electrons. The van der Waals surface area contributed by atoms with Crippen molar-refractivity contribution in [1.82, 2.24) is 0 Å². The van der Waals surface area contributed by atoms with Crippen LogP contribution in [0.4, 0.5) is 0 Å². The minimum Gasteiger partial charge on any atom is -0.491 e. The Bertz CT molecular complexity index is 976. The number of aliphatic hydroxyl groups excluding tert-OH is 2. The van der Waals surface area contributed by atoms with Gasteiger partial charge in [-0.25, -0.2) is 4.79 Å². The van der Waals surface area contributed by atoms with Crippen LogP contribution in [0.3, 0.4) is 0 Å². The maximum absolute atomic E-state index is 10.8. The van der Waals surface area contributed by atoms with Crippen LogP contribution in [-0.2, 0) is 4.79 Å². The Morgan fingerprint density at radius 2 is 1.97 bits per heavy atom. The second-order valence-corrected chi connectivity index (χ2v) is 8.31. The molecule has 8 nitrogen and oxygen atoms in total. The summed E-state index contributed by atoms with van der Waals surface area (Å²) in [6.45, 7) is 1.40. The van der Waals surface area contributed by atoms with E-state index in [1.807, 2.05) is 37.3 Å². The number of carboxylic acid groups (broad SMARTS) is 1. The molecule has 8 heteroatoms. The van der Waals surface area contributed by atoms with Crippen LogP contribution in [0.15, 0.2) is 60.7 Å². The van der Waals surface area contributed by atoms with Crippen molar-refractivity contribution in [2.45, 2.75) is 50.3 Å². The van der Waals surface area contributed by atoms with Gasteiger partial charge in [0.05, 0.1) is 18.3 Å². The van der Waals surface area contributed by atoms with E-state index in [1.165, 1.54) is 0 Å². The summed E-state index contributed by atoms with van der Waals surface area (Å²) in [5, 5.41) is 29.9. The zero-order valence-electron chi connectivity index (χ0n) is 18.2. The number of para-hydroxylation sites is 2. The van der Waals surface area contributed by atoms with Gasteiger partial charge in [0, 0.05) is 18.8 Å². The third-order valence-corrected chi connectivity index (χ3v) is 5.70. The molecule has 1 fully saturated rings. The SMILES string of the molecule is CC(CC(O)/C=C/C1C(O)CC2Oc3c(OCC(=O)O)cccc3OC21)Oc1ccccc1. The molecule has 2 aromatic carbocycles. The molecule has 2 aromatic rings. The molecule has 1 aliphatic heterocycles. The molecule has 0 aromatic heterocycles. The molecule has 6 unspecified atom stereocenters. The Kier molecular flexibility index (Phi) is 7.05. The van der Waals surface area contributed by atoms with Crippen molar-refractivity contribution in [2.75, 3.05) is 6.61 Å². The number of aliphatic carboxylic acids is 1. The van der Waals surface area contributed by atoms with Gasteiger partial charge in [-0.3, -0.25) is 0 Å². The number of hydrogen-bond donors (Lipinski definition) is 3. The summed E-state index contributed by atoms with van der Waals surface area (Å²) >= 11 is 0. The van der Waals surface area contributed by atoms with Crippen molar-refractivity contribution in [3.8, 4) is 23.0 Å². The predicted molar refractivity (Wildman–Crippen MR) is 119 cm³/mol. The molecule has 0 spiro atoms. The molecule has 2 aliphatic rings. The molecule has 0 saturated heterocycles. The highest BCUT2D eigenvalue weighted by atomic mass is 16.6. The average Bonchev–Trinajstić information content (AvgIpc) is 3.09. The van der Waals surface area contributed by atoms with E-state index in [1.54, 1.807) is 30.4 Å². The summed E-state index contributed by atoms with van der Waals surface area (Å²) in [5.74, 6) is 0.330. The lowest BCUT2D eigenvalue weighted by molar-refractivity contribution is -0.139. The van der Waals surface area contributed by atoms with Crippen molar-refractivity contribution in [3.63, 3.8) is 0 Å². The van der Waals surface area contributed by atoms with Gasteiger partial charge in [-0.1, -0.05) is 36.4 Å². The third kappa shape index (κ3) is 5.58. The highest BCUT2D eigenvalue weighted by Gasteiger charge is 2.47. The van der Waals surface area contributed by atoms with Gasteiger partial charge < -0.3 is 34.3 Å². The van der Waals surface area contributed by atoms with Gasteiger partial charge in [0.1, 0.15) is 18.0 Å². The molecule has 3 N–H and O–H groups in total. The van der Waals surface area contributed by atoms with Crippen molar-refractivity contribution >= 4 is 5.97 Å². The number of carbonyl (C=O) groups is 1. The van der Waals surface area contributed by atoms with Crippen LogP contribution < -0.4 is 18.9 Å². The first-order chi connectivity index (χ1) is 15.9. The molecule has 0 bridgehead atoms. The number of hydrogen-bond acceptors (Lipinski definition) is 7. The van der Waals surface area contributed by atoms with Crippen LogP contribution in [0, 0.1) is 5.92 Å². The number of aliphatic hydroxyl groups is 2. The summed E-state index contributed by atoms with van der Waals surface area (Å²) in [7, 11) is 0. The largest absolute Gasteiger partial charge is 0.491 e. The van der Waals surface area contributed by atoms with E-state index in [2.05, 4.69) is 0 Å². The average molecular weight is 456 g/mol. The molecule has 1 aliphatic carbocycles. The predicted octanol–water partition coefficient (Wildman–Crippen LogP) is 2.81. The first kappa shape index (κ1) is 22.9. The fourth-order valence-electron chi connectivity index (χ4n) is 4.21. The van der Waals surface area contributed by atoms with E-state index in [0.29, 0.717) is 24.3 Å². The number of ether oxygens (including phenoxy) is 4. The van der Waals surface area contributed by atoms with Gasteiger partial charge in [0.2, 0.25) is 5.75 Å². The summed E-state index contributed by atoms with van der Waals surface area (Å²) in [6.07, 6.45) is 1.65. The highest BCUT2D eigenvalue weighted by Crippen LogP contribution is 2.46.